The van der Waals surface area contributed by atoms with Gasteiger partial charge in [0.2, 0.25) is 0 Å². The molecule has 0 N–H and O–H groups in total. The molecular weight excluding hydrogens is 1600 g/mol. The molecule has 27 aromatic rings. The molecule has 0 bridgehead atoms. The van der Waals surface area contributed by atoms with Crippen molar-refractivity contribution in [2.45, 2.75) is 0 Å². The largest absolute Gasteiger partial charge is 0.309 e. The molecule has 0 saturated heterocycles. The molecule has 0 aliphatic carbocycles. The number of hydrogen-bond acceptors (Lipinski definition) is 3. The van der Waals surface area contributed by atoms with Gasteiger partial charge < -0.3 is 13.7 Å². The summed E-state index contributed by atoms with van der Waals surface area (Å²) >= 11 is 0. The first-order chi connectivity index (χ1) is 65.5. The number of aromatic nitrogens is 9. The Balaban J connectivity index is 0.000000106. The summed E-state index contributed by atoms with van der Waals surface area (Å²) in [6, 6.07) is 175. The molecule has 0 unspecified atom stereocenters. The van der Waals surface area contributed by atoms with E-state index in [1.807, 2.05) is 6.07 Å². The summed E-state index contributed by atoms with van der Waals surface area (Å²) in [6.45, 7) is 0. The second-order valence-corrected chi connectivity index (χ2v) is 33.8. The van der Waals surface area contributed by atoms with Crippen LogP contribution in [0.1, 0.15) is 0 Å². The Morgan fingerprint density at radius 2 is 0.356 bits per heavy atom. The van der Waals surface area contributed by atoms with Crippen LogP contribution in [-0.4, -0.2) is 42.4 Å². The molecule has 0 atom stereocenters. The Labute approximate surface area is 761 Å². The summed E-state index contributed by atoms with van der Waals surface area (Å²) in [6.07, 6.45) is 0. The van der Waals surface area contributed by atoms with E-state index in [0.29, 0.717) is 0 Å². The number of nitrogens with zero attached hydrogens (tertiary/aromatic N) is 9. The molecule has 0 saturated carbocycles. The third kappa shape index (κ3) is 13.2. The Kier molecular flexibility index (Phi) is 18.7. The topological polar surface area (TPSA) is 68.2 Å². The van der Waals surface area contributed by atoms with E-state index in [4.69, 9.17) is 15.0 Å². The van der Waals surface area contributed by atoms with Crippen LogP contribution in [-0.2, 0) is 0 Å². The van der Waals surface area contributed by atoms with E-state index in [2.05, 4.69) is 513 Å². The van der Waals surface area contributed by atoms with Gasteiger partial charge >= 0.3 is 0 Å². The molecule has 0 fully saturated rings. The fourth-order valence-electron chi connectivity index (χ4n) is 20.2. The Hall–Kier alpha value is -17.8. The van der Waals surface area contributed by atoms with Gasteiger partial charge in [-0.3, -0.25) is 13.7 Å². The maximum absolute atomic E-state index is 5.32. The first-order valence-electron chi connectivity index (χ1n) is 45.0. The highest BCUT2D eigenvalue weighted by atomic mass is 15.1. The van der Waals surface area contributed by atoms with Crippen LogP contribution in [0.3, 0.4) is 0 Å². The van der Waals surface area contributed by atoms with Crippen LogP contribution in [0.25, 0.3) is 233 Å². The van der Waals surface area contributed by atoms with Gasteiger partial charge in [0, 0.05) is 98.4 Å². The number of hydrogen-bond donors (Lipinski definition) is 0. The van der Waals surface area contributed by atoms with Crippen LogP contribution in [0.5, 0.6) is 0 Å². The minimum atomic E-state index is 0.905. The number of benzene rings is 18. The van der Waals surface area contributed by atoms with Crippen molar-refractivity contribution in [1.29, 1.82) is 0 Å². The second kappa shape index (κ2) is 32.3. The van der Waals surface area contributed by atoms with Crippen molar-refractivity contribution in [1.82, 2.24) is 42.4 Å². The van der Waals surface area contributed by atoms with E-state index >= 15 is 0 Å². The molecule has 618 valence electrons. The predicted molar refractivity (Wildman–Crippen MR) is 551 cm³/mol. The summed E-state index contributed by atoms with van der Waals surface area (Å²) in [4.78, 5) is 15.8. The average molecular weight is 1690 g/mol. The summed E-state index contributed by atoms with van der Waals surface area (Å²) in [5.74, 6) is 2.73. The van der Waals surface area contributed by atoms with E-state index in [9.17, 15) is 0 Å². The molecule has 9 heterocycles. The van der Waals surface area contributed by atoms with Gasteiger partial charge in [-0.2, -0.15) is 0 Å². The molecule has 0 radical (unpaired) electrons. The van der Waals surface area contributed by atoms with Crippen LogP contribution in [0, 0.1) is 0 Å². The van der Waals surface area contributed by atoms with E-state index in [1.165, 1.54) is 126 Å². The van der Waals surface area contributed by atoms with Crippen LogP contribution in [0.2, 0.25) is 0 Å². The number of fused-ring (bicyclic) bond motifs is 18. The Morgan fingerprint density at radius 3 is 0.735 bits per heavy atom. The van der Waals surface area contributed by atoms with Gasteiger partial charge in [0.1, 0.15) is 17.5 Å². The van der Waals surface area contributed by atoms with Gasteiger partial charge in [-0.25, -0.2) is 15.0 Å². The van der Waals surface area contributed by atoms with Gasteiger partial charge in [0.15, 0.2) is 0 Å². The predicted octanol–water partition coefficient (Wildman–Crippen LogP) is 31.8. The second-order valence-electron chi connectivity index (χ2n) is 33.8. The molecule has 9 aromatic heterocycles. The van der Waals surface area contributed by atoms with Crippen molar-refractivity contribution >= 4 is 131 Å². The van der Waals surface area contributed by atoms with E-state index in [1.54, 1.807) is 0 Å². The van der Waals surface area contributed by atoms with Crippen LogP contribution in [0.15, 0.2) is 491 Å². The maximum atomic E-state index is 5.32. The van der Waals surface area contributed by atoms with Gasteiger partial charge in [-0.1, -0.05) is 340 Å². The third-order valence-electron chi connectivity index (χ3n) is 26.1. The minimum absolute atomic E-state index is 0.905. The number of rotatable bonds is 12. The standard InChI is InChI=1S/3C41H27N3/c1-4-14-28(15-5-1)30-24-36(29-16-6-2-7-17-29)42-41(25-30)44-38-23-13-11-21-33(38)35-26-39-34(27-40(35)44)32-20-10-12-22-37(32)43(39)31-18-8-3-9-19-31;1-3-13-28(14-4-1)29-15-11-16-30(25-29)36-21-12-24-41(42-36)44-38-23-10-8-20-33(38)35-26-39-34(27-40(35)44)32-19-7-9-22-37(32)43(39)31-17-5-2-6-18-31;1-3-13-28(14-4-1)30-17-11-18-31(25-30)43-37-22-9-7-19-32(37)34-27-40-35(26-39(34)43)33-20-8-10-23-38(33)44(40)41-24-12-21-36(42-41)29-15-5-2-6-16-29/h3*1-27H. The van der Waals surface area contributed by atoms with E-state index < -0.39 is 0 Å². The lowest BCUT2D eigenvalue weighted by Crippen LogP contribution is -2.00. The van der Waals surface area contributed by atoms with Gasteiger partial charge in [-0.05, 0) is 185 Å². The molecule has 0 amide bonds. The van der Waals surface area contributed by atoms with Crippen LogP contribution >= 0.6 is 0 Å². The zero-order chi connectivity index (χ0) is 87.1. The van der Waals surface area contributed by atoms with Gasteiger partial charge in [-0.15, -0.1) is 0 Å². The monoisotopic (exact) mass is 1680 g/mol. The third-order valence-corrected chi connectivity index (χ3v) is 26.1. The first-order valence-corrected chi connectivity index (χ1v) is 45.0. The van der Waals surface area contributed by atoms with Crippen molar-refractivity contribution in [2.24, 2.45) is 0 Å². The van der Waals surface area contributed by atoms with Crippen LogP contribution < -0.4 is 0 Å². The quantitative estimate of drug-likeness (QED) is 0.122. The SMILES string of the molecule is c1ccc(-c2cc(-c3ccccc3)nc(-n3c4ccccc4c4cc5c(cc43)c3ccccc3n5-c3ccccc3)c2)cc1.c1ccc(-c2cccc(-c3cccc(-n4c5ccccc5c5cc6c(cc54)c4ccccc4n6-c4ccccc4)n3)c2)cc1.c1ccc(-c2cccc(-n3c4ccccc4c4cc5c(cc43)c3ccccc3n5-c3cccc(-c4ccccc4)n3)c2)cc1. The van der Waals surface area contributed by atoms with Crippen molar-refractivity contribution in [3.05, 3.63) is 491 Å². The fraction of sp³-hybridized carbons (Fsp3) is 0. The molecular formula is C123H81N9. The molecule has 18 aromatic carbocycles. The Morgan fingerprint density at radius 1 is 0.114 bits per heavy atom. The zero-order valence-electron chi connectivity index (χ0n) is 71.8. The van der Waals surface area contributed by atoms with Crippen molar-refractivity contribution in [3.8, 4) is 102 Å². The van der Waals surface area contributed by atoms with Gasteiger partial charge in [0.05, 0.1) is 83.3 Å². The molecule has 9 heteroatoms. The summed E-state index contributed by atoms with van der Waals surface area (Å²) < 4.78 is 14.2. The normalized spacial score (nSPS) is 11.6. The zero-order valence-corrected chi connectivity index (χ0v) is 71.8. The summed E-state index contributed by atoms with van der Waals surface area (Å²) in [7, 11) is 0. The van der Waals surface area contributed by atoms with Crippen molar-refractivity contribution in [2.75, 3.05) is 0 Å². The van der Waals surface area contributed by atoms with E-state index in [0.717, 1.165) is 107 Å². The molecule has 0 aliphatic heterocycles. The van der Waals surface area contributed by atoms with Crippen molar-refractivity contribution in [3.63, 3.8) is 0 Å². The first kappa shape index (κ1) is 76.6. The van der Waals surface area contributed by atoms with E-state index in [-0.39, 0.29) is 0 Å². The van der Waals surface area contributed by atoms with Gasteiger partial charge in [0.25, 0.3) is 0 Å². The minimum Gasteiger partial charge on any atom is -0.309 e. The molecule has 0 spiro atoms. The summed E-state index contributed by atoms with van der Waals surface area (Å²) in [5, 5.41) is 14.7. The molecule has 0 aliphatic rings. The fourth-order valence-corrected chi connectivity index (χ4v) is 20.2. The smallest absolute Gasteiger partial charge is 0.138 e. The van der Waals surface area contributed by atoms with Crippen molar-refractivity contribution < 1.29 is 0 Å². The molecule has 27 rings (SSSR count). The highest BCUT2D eigenvalue weighted by molar-refractivity contribution is 6.22. The summed E-state index contributed by atoms with van der Waals surface area (Å²) in [5.41, 5.74) is 30.8. The number of pyridine rings is 3. The lowest BCUT2D eigenvalue weighted by atomic mass is 10.0. The van der Waals surface area contributed by atoms with Crippen LogP contribution in [0.4, 0.5) is 0 Å². The number of para-hydroxylation sites is 8. The molecule has 132 heavy (non-hydrogen) atoms. The molecule has 9 nitrogen and oxygen atoms in total. The Bertz CT molecular complexity index is 8890. The lowest BCUT2D eigenvalue weighted by Gasteiger charge is -2.13. The maximum Gasteiger partial charge on any atom is 0.138 e. The lowest BCUT2D eigenvalue weighted by molar-refractivity contribution is 1.08. The highest BCUT2D eigenvalue weighted by Crippen LogP contribution is 2.46. The highest BCUT2D eigenvalue weighted by Gasteiger charge is 2.25. The average Bonchev–Trinajstić information content (AvgIpc) is 1.57.